The minimum Gasteiger partial charge on any atom is -0.398 e. The Balaban J connectivity index is 2.20. The maximum atomic E-state index is 13.4. The Kier molecular flexibility index (Phi) is 4.01. The molecule has 0 unspecified atom stereocenters. The predicted molar refractivity (Wildman–Crippen MR) is 71.2 cm³/mol. The first kappa shape index (κ1) is 14.4. The summed E-state index contributed by atoms with van der Waals surface area (Å²) in [5.41, 5.74) is 5.73. The van der Waals surface area contributed by atoms with Crippen molar-refractivity contribution in [3.63, 3.8) is 0 Å². The molecule has 0 aliphatic rings. The van der Waals surface area contributed by atoms with Crippen LogP contribution in [-0.4, -0.2) is 8.42 Å². The van der Waals surface area contributed by atoms with Gasteiger partial charge in [-0.3, -0.25) is 0 Å². The van der Waals surface area contributed by atoms with Gasteiger partial charge >= 0.3 is 0 Å². The highest BCUT2D eigenvalue weighted by molar-refractivity contribution is 7.89. The van der Waals surface area contributed by atoms with Gasteiger partial charge in [0.05, 0.1) is 5.69 Å². The van der Waals surface area contributed by atoms with Gasteiger partial charge in [-0.15, -0.1) is 0 Å². The standard InChI is InChI=1S/C13H12F2N2O2S/c14-10-6-5-9(11(15)7-10)8-17-20(18,19)13-4-2-1-3-12(13)16/h1-7,17H,8,16H2. The molecule has 0 aromatic heterocycles. The van der Waals surface area contributed by atoms with E-state index in [-0.39, 0.29) is 22.7 Å². The first-order valence-corrected chi connectivity index (χ1v) is 7.16. The van der Waals surface area contributed by atoms with Crippen LogP contribution < -0.4 is 10.5 Å². The molecular formula is C13H12F2N2O2S. The smallest absolute Gasteiger partial charge is 0.242 e. The number of rotatable bonds is 4. The lowest BCUT2D eigenvalue weighted by Crippen LogP contribution is -2.24. The number of nitrogens with one attached hydrogen (secondary N) is 1. The maximum Gasteiger partial charge on any atom is 0.242 e. The Morgan fingerprint density at radius 2 is 1.80 bits per heavy atom. The van der Waals surface area contributed by atoms with Crippen molar-refractivity contribution >= 4 is 15.7 Å². The second kappa shape index (κ2) is 5.56. The Labute approximate surface area is 115 Å². The van der Waals surface area contributed by atoms with E-state index in [1.54, 1.807) is 6.07 Å². The lowest BCUT2D eigenvalue weighted by Gasteiger charge is -2.09. The number of nitrogens with two attached hydrogens (primary N) is 1. The van der Waals surface area contributed by atoms with Crippen molar-refractivity contribution in [3.05, 3.63) is 59.7 Å². The van der Waals surface area contributed by atoms with Crippen LogP contribution in [0.2, 0.25) is 0 Å². The lowest BCUT2D eigenvalue weighted by molar-refractivity contribution is 0.562. The summed E-state index contributed by atoms with van der Waals surface area (Å²) in [6, 6.07) is 8.87. The molecule has 2 rings (SSSR count). The molecule has 106 valence electrons. The summed E-state index contributed by atoms with van der Waals surface area (Å²) in [5, 5.41) is 0. The van der Waals surface area contributed by atoms with E-state index in [2.05, 4.69) is 4.72 Å². The molecule has 7 heteroatoms. The van der Waals surface area contributed by atoms with Crippen molar-refractivity contribution < 1.29 is 17.2 Å². The van der Waals surface area contributed by atoms with Crippen molar-refractivity contribution in [3.8, 4) is 0 Å². The second-order valence-electron chi connectivity index (χ2n) is 4.10. The Bertz CT molecular complexity index is 733. The number of para-hydroxylation sites is 1. The van der Waals surface area contributed by atoms with E-state index < -0.39 is 21.7 Å². The van der Waals surface area contributed by atoms with Gasteiger partial charge in [0.25, 0.3) is 0 Å². The van der Waals surface area contributed by atoms with Gasteiger partial charge in [-0.2, -0.15) is 0 Å². The fraction of sp³-hybridized carbons (Fsp3) is 0.0769. The van der Waals surface area contributed by atoms with Crippen molar-refractivity contribution in [1.82, 2.24) is 4.72 Å². The van der Waals surface area contributed by atoms with Crippen LogP contribution in [0.3, 0.4) is 0 Å². The van der Waals surface area contributed by atoms with Crippen LogP contribution in [0, 0.1) is 11.6 Å². The topological polar surface area (TPSA) is 72.2 Å². The molecular weight excluding hydrogens is 286 g/mol. The Morgan fingerprint density at radius 3 is 2.45 bits per heavy atom. The highest BCUT2D eigenvalue weighted by Crippen LogP contribution is 2.17. The van der Waals surface area contributed by atoms with Crippen LogP contribution in [0.1, 0.15) is 5.56 Å². The largest absolute Gasteiger partial charge is 0.398 e. The molecule has 0 aliphatic heterocycles. The van der Waals surface area contributed by atoms with Crippen molar-refractivity contribution in [2.45, 2.75) is 11.4 Å². The quantitative estimate of drug-likeness (QED) is 0.848. The summed E-state index contributed by atoms with van der Waals surface area (Å²) in [6.45, 7) is -0.289. The summed E-state index contributed by atoms with van der Waals surface area (Å²) >= 11 is 0. The third kappa shape index (κ3) is 3.12. The molecule has 3 N–H and O–H groups in total. The van der Waals surface area contributed by atoms with E-state index in [0.29, 0.717) is 6.07 Å². The highest BCUT2D eigenvalue weighted by atomic mass is 32.2. The van der Waals surface area contributed by atoms with Gasteiger partial charge in [0.1, 0.15) is 16.5 Å². The average molecular weight is 298 g/mol. The molecule has 0 saturated heterocycles. The zero-order valence-electron chi connectivity index (χ0n) is 10.3. The molecule has 0 fully saturated rings. The molecule has 0 radical (unpaired) electrons. The first-order valence-electron chi connectivity index (χ1n) is 5.68. The zero-order valence-corrected chi connectivity index (χ0v) is 11.1. The zero-order chi connectivity index (χ0) is 14.8. The molecule has 2 aromatic rings. The van der Waals surface area contributed by atoms with Crippen molar-refractivity contribution in [1.29, 1.82) is 0 Å². The number of sulfonamides is 1. The van der Waals surface area contributed by atoms with Crippen molar-refractivity contribution in [2.75, 3.05) is 5.73 Å². The predicted octanol–water partition coefficient (Wildman–Crippen LogP) is 2.03. The lowest BCUT2D eigenvalue weighted by atomic mass is 10.2. The van der Waals surface area contributed by atoms with E-state index >= 15 is 0 Å². The van der Waals surface area contributed by atoms with E-state index in [1.165, 1.54) is 24.3 Å². The van der Waals surface area contributed by atoms with Crippen LogP contribution in [-0.2, 0) is 16.6 Å². The van der Waals surface area contributed by atoms with Crippen LogP contribution in [0.5, 0.6) is 0 Å². The molecule has 4 nitrogen and oxygen atoms in total. The monoisotopic (exact) mass is 298 g/mol. The first-order chi connectivity index (χ1) is 9.40. The van der Waals surface area contributed by atoms with E-state index in [1.807, 2.05) is 0 Å². The Hall–Kier alpha value is -1.99. The summed E-state index contributed by atoms with van der Waals surface area (Å²) in [5.74, 6) is -1.53. The minimum absolute atomic E-state index is 0.0458. The summed E-state index contributed by atoms with van der Waals surface area (Å²) < 4.78 is 52.4. The molecule has 0 atom stereocenters. The number of hydrogen-bond donors (Lipinski definition) is 2. The van der Waals surface area contributed by atoms with E-state index in [4.69, 9.17) is 5.73 Å². The van der Waals surface area contributed by atoms with Gasteiger partial charge < -0.3 is 5.73 Å². The molecule has 0 aliphatic carbocycles. The molecule has 0 saturated carbocycles. The number of anilines is 1. The van der Waals surface area contributed by atoms with Crippen LogP contribution in [0.25, 0.3) is 0 Å². The summed E-state index contributed by atoms with van der Waals surface area (Å²) in [7, 11) is -3.85. The maximum absolute atomic E-state index is 13.4. The van der Waals surface area contributed by atoms with Crippen molar-refractivity contribution in [2.24, 2.45) is 0 Å². The van der Waals surface area contributed by atoms with E-state index in [9.17, 15) is 17.2 Å². The van der Waals surface area contributed by atoms with Crippen LogP contribution in [0.4, 0.5) is 14.5 Å². The van der Waals surface area contributed by atoms with Crippen LogP contribution >= 0.6 is 0 Å². The third-order valence-electron chi connectivity index (χ3n) is 2.68. The molecule has 0 spiro atoms. The number of nitrogen functional groups attached to an aromatic ring is 1. The molecule has 0 bridgehead atoms. The second-order valence-corrected chi connectivity index (χ2v) is 5.83. The fourth-order valence-electron chi connectivity index (χ4n) is 1.64. The summed E-state index contributed by atoms with van der Waals surface area (Å²) in [6.07, 6.45) is 0. The molecule has 0 heterocycles. The molecule has 20 heavy (non-hydrogen) atoms. The van der Waals surface area contributed by atoms with Gasteiger partial charge in [-0.1, -0.05) is 18.2 Å². The van der Waals surface area contributed by atoms with E-state index in [0.717, 1.165) is 6.07 Å². The number of benzene rings is 2. The Morgan fingerprint density at radius 1 is 1.10 bits per heavy atom. The average Bonchev–Trinajstić information content (AvgIpc) is 2.38. The molecule has 0 amide bonds. The normalized spacial score (nSPS) is 11.5. The number of hydrogen-bond acceptors (Lipinski definition) is 3. The molecule has 2 aromatic carbocycles. The highest BCUT2D eigenvalue weighted by Gasteiger charge is 2.17. The minimum atomic E-state index is -3.85. The SMILES string of the molecule is Nc1ccccc1S(=O)(=O)NCc1ccc(F)cc1F. The number of halogens is 2. The van der Waals surface area contributed by atoms with Gasteiger partial charge in [-0.05, 0) is 18.2 Å². The van der Waals surface area contributed by atoms with Gasteiger partial charge in [0.15, 0.2) is 0 Å². The third-order valence-corrected chi connectivity index (χ3v) is 4.15. The van der Waals surface area contributed by atoms with Gasteiger partial charge in [-0.25, -0.2) is 21.9 Å². The van der Waals surface area contributed by atoms with Gasteiger partial charge in [0, 0.05) is 18.2 Å². The van der Waals surface area contributed by atoms with Gasteiger partial charge in [0.2, 0.25) is 10.0 Å². The summed E-state index contributed by atoms with van der Waals surface area (Å²) in [4.78, 5) is -0.0810. The van der Waals surface area contributed by atoms with Crippen LogP contribution in [0.15, 0.2) is 47.4 Å². The fourth-order valence-corrected chi connectivity index (χ4v) is 2.78.